The molecule has 1 aromatic carbocycles. The maximum absolute atomic E-state index is 12.3. The molecule has 0 bridgehead atoms. The average Bonchev–Trinajstić information content (AvgIpc) is 2.22. The van der Waals surface area contributed by atoms with E-state index in [1.54, 1.807) is 0 Å². The van der Waals surface area contributed by atoms with Crippen molar-refractivity contribution < 1.29 is 40.5 Å². The SMILES string of the molecule is CS(C)(OS(=O)(=O)C(F)(F)F)c1ccc(O)c(O)c1O. The van der Waals surface area contributed by atoms with E-state index in [4.69, 9.17) is 5.11 Å². The lowest BCUT2D eigenvalue weighted by Gasteiger charge is -2.31. The molecule has 0 fully saturated rings. The van der Waals surface area contributed by atoms with Crippen LogP contribution in [0.2, 0.25) is 0 Å². The van der Waals surface area contributed by atoms with E-state index in [9.17, 15) is 31.8 Å². The zero-order valence-electron chi connectivity index (χ0n) is 10.2. The summed E-state index contributed by atoms with van der Waals surface area (Å²) in [6, 6.07) is 1.86. The Morgan fingerprint density at radius 3 is 2.00 bits per heavy atom. The summed E-state index contributed by atoms with van der Waals surface area (Å²) in [7, 11) is -8.96. The number of hydrogen-bond acceptors (Lipinski definition) is 6. The van der Waals surface area contributed by atoms with Crippen molar-refractivity contribution in [1.82, 2.24) is 0 Å². The molecular formula is C9H11F3O6S2. The van der Waals surface area contributed by atoms with E-state index in [0.717, 1.165) is 24.6 Å². The van der Waals surface area contributed by atoms with Crippen LogP contribution in [0.4, 0.5) is 13.2 Å². The molecule has 0 aliphatic carbocycles. The molecule has 0 unspecified atom stereocenters. The van der Waals surface area contributed by atoms with Gasteiger partial charge in [-0.1, -0.05) is 10.3 Å². The smallest absolute Gasteiger partial charge is 0.504 e. The summed E-state index contributed by atoms with van der Waals surface area (Å²) in [6.45, 7) is 0. The fourth-order valence-electron chi connectivity index (χ4n) is 1.25. The third-order valence-electron chi connectivity index (χ3n) is 2.17. The molecule has 1 rings (SSSR count). The zero-order valence-corrected chi connectivity index (χ0v) is 11.8. The standard InChI is InChI=1S/C9H11F3O6S2/c1-19(2,18-20(16,17)9(10,11)12)6-4-3-5(13)7(14)8(6)15/h3-4,13-15H,1-2H3. The van der Waals surface area contributed by atoms with Gasteiger partial charge in [-0.15, -0.1) is 0 Å². The molecule has 0 aliphatic rings. The van der Waals surface area contributed by atoms with Crippen LogP contribution in [-0.4, -0.2) is 41.8 Å². The first kappa shape index (κ1) is 16.7. The molecule has 6 nitrogen and oxygen atoms in total. The van der Waals surface area contributed by atoms with E-state index in [1.165, 1.54) is 0 Å². The highest BCUT2D eigenvalue weighted by Crippen LogP contribution is 2.59. The van der Waals surface area contributed by atoms with Crippen LogP contribution in [0.5, 0.6) is 17.2 Å². The molecule has 0 spiro atoms. The van der Waals surface area contributed by atoms with Gasteiger partial charge in [0.25, 0.3) is 0 Å². The third kappa shape index (κ3) is 3.04. The number of hydrogen-bond donors (Lipinski definition) is 3. The van der Waals surface area contributed by atoms with Gasteiger partial charge in [0.15, 0.2) is 11.5 Å². The summed E-state index contributed by atoms with van der Waals surface area (Å²) in [4.78, 5) is -0.361. The van der Waals surface area contributed by atoms with E-state index in [-0.39, 0.29) is 4.90 Å². The van der Waals surface area contributed by atoms with Crippen LogP contribution >= 0.6 is 10.3 Å². The van der Waals surface area contributed by atoms with Crippen molar-refractivity contribution in [2.45, 2.75) is 10.4 Å². The normalized spacial score (nSPS) is 14.2. The molecule has 0 saturated carbocycles. The molecule has 0 atom stereocenters. The number of rotatable bonds is 3. The van der Waals surface area contributed by atoms with Crippen molar-refractivity contribution in [2.24, 2.45) is 0 Å². The molecule has 0 amide bonds. The summed E-state index contributed by atoms with van der Waals surface area (Å²) >= 11 is 0. The van der Waals surface area contributed by atoms with E-state index in [2.05, 4.69) is 3.63 Å². The summed E-state index contributed by atoms with van der Waals surface area (Å²) < 4.78 is 62.9. The van der Waals surface area contributed by atoms with Gasteiger partial charge in [0.2, 0.25) is 5.75 Å². The van der Waals surface area contributed by atoms with Crippen molar-refractivity contribution in [3.05, 3.63) is 12.1 Å². The van der Waals surface area contributed by atoms with Crippen LogP contribution < -0.4 is 0 Å². The molecule has 0 radical (unpaired) electrons. The van der Waals surface area contributed by atoms with Crippen LogP contribution in [0.1, 0.15) is 0 Å². The second-order valence-electron chi connectivity index (χ2n) is 3.98. The van der Waals surface area contributed by atoms with Gasteiger partial charge >= 0.3 is 15.6 Å². The Morgan fingerprint density at radius 2 is 1.55 bits per heavy atom. The molecule has 11 heteroatoms. The fourth-order valence-corrected chi connectivity index (χ4v) is 4.60. The Bertz CT molecular complexity index is 623. The minimum atomic E-state index is -5.86. The van der Waals surface area contributed by atoms with Gasteiger partial charge in [-0.2, -0.15) is 21.6 Å². The van der Waals surface area contributed by atoms with E-state index >= 15 is 0 Å². The number of phenols is 3. The molecule has 0 heterocycles. The van der Waals surface area contributed by atoms with Crippen LogP contribution in [0.25, 0.3) is 0 Å². The number of aromatic hydroxyl groups is 3. The Morgan fingerprint density at radius 1 is 1.05 bits per heavy atom. The highest BCUT2D eigenvalue weighted by Gasteiger charge is 2.50. The molecule has 20 heavy (non-hydrogen) atoms. The second kappa shape index (κ2) is 4.90. The quantitative estimate of drug-likeness (QED) is 0.576. The van der Waals surface area contributed by atoms with E-state index in [1.807, 2.05) is 0 Å². The average molecular weight is 336 g/mol. The van der Waals surface area contributed by atoms with Gasteiger partial charge in [0, 0.05) is 0 Å². The monoisotopic (exact) mass is 336 g/mol. The van der Waals surface area contributed by atoms with Gasteiger partial charge in [-0.05, 0) is 24.6 Å². The first-order valence-corrected chi connectivity index (χ1v) is 8.57. The van der Waals surface area contributed by atoms with Gasteiger partial charge < -0.3 is 15.3 Å². The Hall–Kier alpha value is -1.33. The summed E-state index contributed by atoms with van der Waals surface area (Å²) in [5.41, 5.74) is -5.61. The van der Waals surface area contributed by atoms with Crippen molar-refractivity contribution in [2.75, 3.05) is 12.5 Å². The predicted octanol–water partition coefficient (Wildman–Crippen LogP) is 2.01. The van der Waals surface area contributed by atoms with Crippen molar-refractivity contribution in [1.29, 1.82) is 0 Å². The Balaban J connectivity index is 3.29. The van der Waals surface area contributed by atoms with Crippen LogP contribution in [0.15, 0.2) is 17.0 Å². The second-order valence-corrected chi connectivity index (χ2v) is 8.80. The van der Waals surface area contributed by atoms with Crippen LogP contribution in [-0.2, 0) is 13.7 Å². The first-order valence-electron chi connectivity index (χ1n) is 4.79. The highest BCUT2D eigenvalue weighted by atomic mass is 32.3. The summed E-state index contributed by atoms with van der Waals surface area (Å²) in [5, 5.41) is 28.0. The molecule has 1 aromatic rings. The Kier molecular flexibility index (Phi) is 4.09. The third-order valence-corrected chi connectivity index (χ3v) is 6.20. The molecule has 0 saturated heterocycles. The zero-order chi connectivity index (χ0) is 15.9. The number of phenolic OH excluding ortho intramolecular Hbond substituents is 3. The molecule has 3 N–H and O–H groups in total. The largest absolute Gasteiger partial charge is 0.523 e. The number of alkyl halides is 3. The van der Waals surface area contributed by atoms with Crippen molar-refractivity contribution in [3.63, 3.8) is 0 Å². The first-order chi connectivity index (χ1) is 8.79. The summed E-state index contributed by atoms with van der Waals surface area (Å²) in [6.07, 6.45) is 2.06. The van der Waals surface area contributed by atoms with Gasteiger partial charge in [-0.3, -0.25) is 0 Å². The maximum atomic E-state index is 12.3. The predicted molar refractivity (Wildman–Crippen MR) is 65.2 cm³/mol. The highest BCUT2D eigenvalue weighted by molar-refractivity contribution is 8.32. The van der Waals surface area contributed by atoms with E-state index in [0.29, 0.717) is 0 Å². The van der Waals surface area contributed by atoms with E-state index < -0.39 is 43.2 Å². The molecule has 0 aromatic heterocycles. The summed E-state index contributed by atoms with van der Waals surface area (Å²) in [5.74, 6) is -2.63. The van der Waals surface area contributed by atoms with Crippen LogP contribution in [0.3, 0.4) is 0 Å². The van der Waals surface area contributed by atoms with Crippen molar-refractivity contribution in [3.8, 4) is 17.2 Å². The lowest BCUT2D eigenvalue weighted by atomic mass is 10.3. The molecule has 0 aliphatic heterocycles. The fraction of sp³-hybridized carbons (Fsp3) is 0.333. The van der Waals surface area contributed by atoms with Gasteiger partial charge in [0.05, 0.1) is 4.90 Å². The molecule has 116 valence electrons. The minimum Gasteiger partial charge on any atom is -0.504 e. The van der Waals surface area contributed by atoms with Crippen molar-refractivity contribution >= 4 is 20.4 Å². The minimum absolute atomic E-state index is 0.361. The molecular weight excluding hydrogens is 325 g/mol. The lowest BCUT2D eigenvalue weighted by Crippen LogP contribution is -2.26. The van der Waals surface area contributed by atoms with Crippen LogP contribution in [0, 0.1) is 0 Å². The van der Waals surface area contributed by atoms with Gasteiger partial charge in [-0.25, -0.2) is 3.63 Å². The lowest BCUT2D eigenvalue weighted by molar-refractivity contribution is -0.0496. The number of halogens is 3. The van der Waals surface area contributed by atoms with Gasteiger partial charge in [0.1, 0.15) is 0 Å². The topological polar surface area (TPSA) is 104 Å². The maximum Gasteiger partial charge on any atom is 0.523 e. The Labute approximate surface area is 114 Å². The number of benzene rings is 1.